The smallest absolute Gasteiger partial charge is 0.146 e. The van der Waals surface area contributed by atoms with Crippen LogP contribution < -0.4 is 0 Å². The molecule has 0 spiro atoms. The Morgan fingerprint density at radius 3 is 2.00 bits per heavy atom. The molecule has 0 aromatic carbocycles. The molecule has 18 heavy (non-hydrogen) atoms. The number of hydrogen-bond donors (Lipinski definition) is 1. The van der Waals surface area contributed by atoms with Crippen molar-refractivity contribution in [3.8, 4) is 0 Å². The van der Waals surface area contributed by atoms with Gasteiger partial charge in [0.25, 0.3) is 0 Å². The topological polar surface area (TPSA) is 6.48 Å². The molecule has 108 valence electrons. The van der Waals surface area contributed by atoms with Gasteiger partial charge in [0, 0.05) is 26.0 Å². The maximum atomic E-state index is 4.55. The van der Waals surface area contributed by atoms with Gasteiger partial charge in [-0.2, -0.15) is 0 Å². The number of rotatable bonds is 9. The largest absolute Gasteiger partial charge is 0.351 e. The minimum atomic E-state index is 0. The van der Waals surface area contributed by atoms with Crippen molar-refractivity contribution in [3.63, 3.8) is 0 Å². The fourth-order valence-corrected chi connectivity index (χ4v) is 2.47. The Morgan fingerprint density at radius 1 is 0.944 bits per heavy atom. The van der Waals surface area contributed by atoms with E-state index in [1.165, 1.54) is 51.4 Å². The van der Waals surface area contributed by atoms with E-state index in [2.05, 4.69) is 48.8 Å². The number of unbranched alkanes of at least 4 members (excludes halogenated alkanes) is 7. The van der Waals surface area contributed by atoms with E-state index in [-0.39, 0.29) is 22.5 Å². The quantitative estimate of drug-likeness (QED) is 0.484. The van der Waals surface area contributed by atoms with Gasteiger partial charge in [0.05, 0.1) is 0 Å². The average Bonchev–Trinajstić information content (AvgIpc) is 2.64. The minimum absolute atomic E-state index is 0. The summed E-state index contributed by atoms with van der Waals surface area (Å²) in [6.45, 7) is 3.42. The normalized spacial score (nSPS) is 18.3. The Labute approximate surface area is 129 Å². The molecule has 2 nitrogen and oxygen atoms in total. The SMILES string of the molecule is Br.CCCCCCCCCCN1C=CN(C)C1S. The van der Waals surface area contributed by atoms with Gasteiger partial charge in [-0.05, 0) is 6.42 Å². The fraction of sp³-hybridized carbons (Fsp3) is 0.857. The van der Waals surface area contributed by atoms with Gasteiger partial charge in [-0.1, -0.05) is 51.9 Å². The summed E-state index contributed by atoms with van der Waals surface area (Å²) in [6, 6.07) is 0. The van der Waals surface area contributed by atoms with Crippen molar-refractivity contribution in [1.29, 1.82) is 0 Å². The summed E-state index contributed by atoms with van der Waals surface area (Å²) < 4.78 is 0. The summed E-state index contributed by atoms with van der Waals surface area (Å²) in [6.07, 6.45) is 15.3. The van der Waals surface area contributed by atoms with Gasteiger partial charge in [-0.3, -0.25) is 0 Å². The van der Waals surface area contributed by atoms with E-state index >= 15 is 0 Å². The summed E-state index contributed by atoms with van der Waals surface area (Å²) in [5, 5.41) is 0. The first-order valence-corrected chi connectivity index (χ1v) is 7.61. The Bertz CT molecular complexity index is 224. The molecule has 0 bridgehead atoms. The van der Waals surface area contributed by atoms with E-state index < -0.39 is 0 Å². The Morgan fingerprint density at radius 2 is 1.50 bits per heavy atom. The fourth-order valence-electron chi connectivity index (χ4n) is 2.20. The Hall–Kier alpha value is 0.170. The molecule has 0 saturated heterocycles. The van der Waals surface area contributed by atoms with Crippen molar-refractivity contribution in [2.24, 2.45) is 0 Å². The van der Waals surface area contributed by atoms with Crippen molar-refractivity contribution < 1.29 is 0 Å². The molecule has 1 atom stereocenters. The molecular formula is C14H29BrN2S. The van der Waals surface area contributed by atoms with Crippen molar-refractivity contribution in [3.05, 3.63) is 12.4 Å². The van der Waals surface area contributed by atoms with Crippen LogP contribution in [-0.2, 0) is 0 Å². The second-order valence-corrected chi connectivity index (χ2v) is 5.48. The average molecular weight is 337 g/mol. The van der Waals surface area contributed by atoms with Gasteiger partial charge >= 0.3 is 0 Å². The van der Waals surface area contributed by atoms with E-state index in [9.17, 15) is 0 Å². The molecule has 0 radical (unpaired) electrons. The first kappa shape index (κ1) is 18.2. The molecule has 0 aromatic heterocycles. The predicted octanol–water partition coefficient (Wildman–Crippen LogP) is 4.64. The van der Waals surface area contributed by atoms with E-state index in [1.807, 2.05) is 0 Å². The van der Waals surface area contributed by atoms with Crippen molar-refractivity contribution in [2.75, 3.05) is 13.6 Å². The molecule has 1 unspecified atom stereocenters. The summed E-state index contributed by atoms with van der Waals surface area (Å²) in [5.41, 5.74) is 0.250. The van der Waals surface area contributed by atoms with Crippen LogP contribution in [0.4, 0.5) is 0 Å². The molecule has 0 amide bonds. The highest BCUT2D eigenvalue weighted by atomic mass is 79.9. The summed E-state index contributed by atoms with van der Waals surface area (Å²) in [5.74, 6) is 0. The van der Waals surface area contributed by atoms with Crippen LogP contribution >= 0.6 is 29.6 Å². The number of halogens is 1. The number of nitrogens with zero attached hydrogens (tertiary/aromatic N) is 2. The third kappa shape index (κ3) is 6.93. The molecule has 0 aliphatic carbocycles. The standard InChI is InChI=1S/C14H28N2S.BrH/c1-3-4-5-6-7-8-9-10-11-16-13-12-15(2)14(16)17;/h12-14,17H,3-11H2,1-2H3;1H. The predicted molar refractivity (Wildman–Crippen MR) is 89.3 cm³/mol. The maximum absolute atomic E-state index is 4.55. The molecule has 1 heterocycles. The highest BCUT2D eigenvalue weighted by Gasteiger charge is 2.18. The van der Waals surface area contributed by atoms with Gasteiger partial charge in [0.2, 0.25) is 0 Å². The van der Waals surface area contributed by atoms with Crippen molar-refractivity contribution >= 4 is 29.6 Å². The van der Waals surface area contributed by atoms with E-state index in [0.717, 1.165) is 6.54 Å². The lowest BCUT2D eigenvalue weighted by Gasteiger charge is -2.25. The zero-order valence-corrected chi connectivity index (χ0v) is 14.5. The van der Waals surface area contributed by atoms with Crippen molar-refractivity contribution in [2.45, 2.75) is 63.8 Å². The summed E-state index contributed by atoms with van der Waals surface area (Å²) in [7, 11) is 2.07. The first-order valence-electron chi connectivity index (χ1n) is 7.09. The molecule has 1 aliphatic heterocycles. The third-order valence-electron chi connectivity index (χ3n) is 3.42. The Balaban J connectivity index is 0.00000289. The molecule has 0 fully saturated rings. The van der Waals surface area contributed by atoms with Crippen LogP contribution in [-0.4, -0.2) is 28.9 Å². The van der Waals surface area contributed by atoms with Crippen LogP contribution in [0, 0.1) is 0 Å². The second-order valence-electron chi connectivity index (χ2n) is 5.02. The van der Waals surface area contributed by atoms with Crippen LogP contribution in [0.25, 0.3) is 0 Å². The number of thiol groups is 1. The van der Waals surface area contributed by atoms with Gasteiger partial charge < -0.3 is 9.80 Å². The summed E-state index contributed by atoms with van der Waals surface area (Å²) >= 11 is 4.55. The van der Waals surface area contributed by atoms with E-state index in [0.29, 0.717) is 0 Å². The number of hydrogen-bond acceptors (Lipinski definition) is 3. The lowest BCUT2D eigenvalue weighted by molar-refractivity contribution is 0.259. The molecule has 0 N–H and O–H groups in total. The van der Waals surface area contributed by atoms with E-state index in [1.54, 1.807) is 0 Å². The third-order valence-corrected chi connectivity index (χ3v) is 4.08. The first-order chi connectivity index (χ1) is 8.25. The highest BCUT2D eigenvalue weighted by Crippen LogP contribution is 2.18. The zero-order valence-electron chi connectivity index (χ0n) is 11.8. The van der Waals surface area contributed by atoms with E-state index in [4.69, 9.17) is 0 Å². The monoisotopic (exact) mass is 336 g/mol. The molecule has 1 aliphatic rings. The maximum Gasteiger partial charge on any atom is 0.146 e. The second kappa shape index (κ2) is 11.0. The molecule has 0 saturated carbocycles. The van der Waals surface area contributed by atoms with Gasteiger partial charge in [0.15, 0.2) is 0 Å². The zero-order chi connectivity index (χ0) is 12.5. The lowest BCUT2D eigenvalue weighted by Crippen LogP contribution is -2.32. The van der Waals surface area contributed by atoms with Crippen LogP contribution in [0.15, 0.2) is 12.4 Å². The van der Waals surface area contributed by atoms with Gasteiger partial charge in [-0.25, -0.2) is 0 Å². The molecule has 4 heteroatoms. The van der Waals surface area contributed by atoms with Crippen LogP contribution in [0.5, 0.6) is 0 Å². The highest BCUT2D eigenvalue weighted by molar-refractivity contribution is 8.93. The van der Waals surface area contributed by atoms with Gasteiger partial charge in [0.1, 0.15) is 5.50 Å². The molecule has 0 aromatic rings. The van der Waals surface area contributed by atoms with Gasteiger partial charge in [-0.15, -0.1) is 29.6 Å². The van der Waals surface area contributed by atoms with Crippen LogP contribution in [0.3, 0.4) is 0 Å². The van der Waals surface area contributed by atoms with Crippen LogP contribution in [0.2, 0.25) is 0 Å². The Kier molecular flexibility index (Phi) is 11.1. The van der Waals surface area contributed by atoms with Crippen molar-refractivity contribution in [1.82, 2.24) is 9.80 Å². The molecular weight excluding hydrogens is 308 g/mol. The van der Waals surface area contributed by atoms with Crippen LogP contribution in [0.1, 0.15) is 58.3 Å². The summed E-state index contributed by atoms with van der Waals surface area (Å²) in [4.78, 5) is 4.44. The minimum Gasteiger partial charge on any atom is -0.351 e. The molecule has 1 rings (SSSR count). The lowest BCUT2D eigenvalue weighted by atomic mass is 10.1.